The van der Waals surface area contributed by atoms with Crippen LogP contribution < -0.4 is 15.9 Å². The van der Waals surface area contributed by atoms with E-state index in [9.17, 15) is 18.0 Å². The number of alkyl halides is 3. The zero-order chi connectivity index (χ0) is 31.2. The maximum absolute atomic E-state index is 13.1. The predicted molar refractivity (Wildman–Crippen MR) is 168 cm³/mol. The van der Waals surface area contributed by atoms with Gasteiger partial charge < -0.3 is 24.7 Å². The van der Waals surface area contributed by atoms with Crippen LogP contribution in [0.4, 0.5) is 24.9 Å². The lowest BCUT2D eigenvalue weighted by Gasteiger charge is -2.25. The molecular weight excluding hydrogens is 607 g/mol. The molecule has 3 saturated heterocycles. The van der Waals surface area contributed by atoms with Crippen molar-refractivity contribution in [3.8, 4) is 0 Å². The van der Waals surface area contributed by atoms with Crippen LogP contribution in [0.2, 0.25) is 0 Å². The topological polar surface area (TPSA) is 101 Å². The number of aromatic amines is 1. The van der Waals surface area contributed by atoms with Crippen LogP contribution in [-0.4, -0.2) is 83.3 Å². The number of hydrogen-bond acceptors (Lipinski definition) is 9. The number of ether oxygens (including phenoxy) is 2. The lowest BCUT2D eigenvalue weighted by molar-refractivity contribution is -0.163. The minimum atomic E-state index is -4.27. The standard InChI is InChI=1S/C31H38F3N7O3S/c1-35-28-37-26(22-15-21(16-31(32,33)34)45-27(22)38-28)40-10-8-30(19-40)7-9-39(18-30)17-20-5-6-24-23(14-20)36-29(42)41(24)11-13-44-25-4-2-3-12-43-25/h5-6,14-15,25H,2-4,7-13,16-19H2,1H3,(H,36,42)(H,35,37,38). The maximum atomic E-state index is 13.1. The zero-order valence-corrected chi connectivity index (χ0v) is 26.1. The number of H-pyrrole nitrogens is 1. The number of aromatic nitrogens is 4. The van der Waals surface area contributed by atoms with Crippen molar-refractivity contribution in [3.63, 3.8) is 0 Å². The fourth-order valence-electron chi connectivity index (χ4n) is 7.11. The first-order valence-electron chi connectivity index (χ1n) is 15.6. The number of thiophene rings is 1. The van der Waals surface area contributed by atoms with Crippen molar-refractivity contribution in [2.24, 2.45) is 5.41 Å². The van der Waals surface area contributed by atoms with E-state index >= 15 is 0 Å². The third kappa shape index (κ3) is 6.56. The molecule has 14 heteroatoms. The van der Waals surface area contributed by atoms with E-state index in [-0.39, 0.29) is 22.3 Å². The van der Waals surface area contributed by atoms with Gasteiger partial charge in [0.25, 0.3) is 0 Å². The number of fused-ring (bicyclic) bond motifs is 2. The summed E-state index contributed by atoms with van der Waals surface area (Å²) in [5.41, 5.74) is 2.77. The van der Waals surface area contributed by atoms with Crippen LogP contribution in [0.1, 0.15) is 42.5 Å². The molecule has 2 atom stereocenters. The van der Waals surface area contributed by atoms with Crippen molar-refractivity contribution in [2.75, 3.05) is 56.7 Å². The number of rotatable bonds is 9. The number of halogens is 3. The first kappa shape index (κ1) is 30.5. The Morgan fingerprint density at radius 3 is 2.84 bits per heavy atom. The van der Waals surface area contributed by atoms with E-state index in [1.165, 1.54) is 0 Å². The van der Waals surface area contributed by atoms with E-state index < -0.39 is 12.6 Å². The fourth-order valence-corrected chi connectivity index (χ4v) is 8.17. The van der Waals surface area contributed by atoms with Gasteiger partial charge in [0, 0.05) is 50.1 Å². The van der Waals surface area contributed by atoms with Crippen molar-refractivity contribution >= 4 is 44.4 Å². The molecular formula is C31H38F3N7O3S. The molecule has 3 aliphatic rings. The Morgan fingerprint density at radius 2 is 2.04 bits per heavy atom. The summed E-state index contributed by atoms with van der Waals surface area (Å²) in [7, 11) is 1.72. The van der Waals surface area contributed by atoms with Gasteiger partial charge in [0.2, 0.25) is 5.95 Å². The van der Waals surface area contributed by atoms with Crippen LogP contribution in [0.5, 0.6) is 0 Å². The number of nitrogens with zero attached hydrogens (tertiary/aromatic N) is 5. The first-order chi connectivity index (χ1) is 21.7. The van der Waals surface area contributed by atoms with Crippen LogP contribution in [0.25, 0.3) is 21.3 Å². The molecule has 3 aromatic heterocycles. The molecule has 1 spiro atoms. The van der Waals surface area contributed by atoms with Gasteiger partial charge in [-0.05, 0) is 62.4 Å². The summed E-state index contributed by atoms with van der Waals surface area (Å²) in [6.45, 7) is 5.87. The van der Waals surface area contributed by atoms with Gasteiger partial charge in [0.15, 0.2) is 6.29 Å². The highest BCUT2D eigenvalue weighted by Gasteiger charge is 2.44. The molecule has 4 aromatic rings. The summed E-state index contributed by atoms with van der Waals surface area (Å²) in [6, 6.07) is 7.78. The highest BCUT2D eigenvalue weighted by Crippen LogP contribution is 2.43. The number of benzene rings is 1. The van der Waals surface area contributed by atoms with E-state index in [2.05, 4.69) is 37.2 Å². The number of anilines is 2. The van der Waals surface area contributed by atoms with E-state index in [1.54, 1.807) is 17.7 Å². The van der Waals surface area contributed by atoms with Crippen molar-refractivity contribution in [1.29, 1.82) is 0 Å². The van der Waals surface area contributed by atoms with Crippen LogP contribution in [0.15, 0.2) is 29.1 Å². The predicted octanol–water partition coefficient (Wildman–Crippen LogP) is 5.13. The van der Waals surface area contributed by atoms with Gasteiger partial charge >= 0.3 is 11.9 Å². The highest BCUT2D eigenvalue weighted by molar-refractivity contribution is 7.18. The quantitative estimate of drug-likeness (QED) is 0.259. The number of likely N-dealkylation sites (tertiary alicyclic amines) is 1. The van der Waals surface area contributed by atoms with Gasteiger partial charge in [-0.1, -0.05) is 6.07 Å². The molecule has 0 amide bonds. The monoisotopic (exact) mass is 645 g/mol. The van der Waals surface area contributed by atoms with Crippen LogP contribution in [-0.2, 0) is 29.0 Å². The largest absolute Gasteiger partial charge is 0.393 e. The van der Waals surface area contributed by atoms with Gasteiger partial charge in [-0.2, -0.15) is 18.2 Å². The molecule has 1 aromatic carbocycles. The van der Waals surface area contributed by atoms with Gasteiger partial charge in [0.05, 0.1) is 36.0 Å². The average molecular weight is 646 g/mol. The molecule has 2 unspecified atom stereocenters. The van der Waals surface area contributed by atoms with E-state index in [0.717, 1.165) is 99.4 Å². The van der Waals surface area contributed by atoms with Gasteiger partial charge in [-0.15, -0.1) is 11.3 Å². The maximum Gasteiger partial charge on any atom is 0.393 e. The molecule has 2 N–H and O–H groups in total. The average Bonchev–Trinajstić information content (AvgIpc) is 3.78. The molecule has 45 heavy (non-hydrogen) atoms. The van der Waals surface area contributed by atoms with Gasteiger partial charge in [0.1, 0.15) is 10.6 Å². The van der Waals surface area contributed by atoms with Gasteiger partial charge in [-0.25, -0.2) is 9.78 Å². The molecule has 0 saturated carbocycles. The molecule has 0 bridgehead atoms. The summed E-state index contributed by atoms with van der Waals surface area (Å²) in [5, 5.41) is 3.66. The lowest BCUT2D eigenvalue weighted by Crippen LogP contribution is -2.31. The Balaban J connectivity index is 1.01. The fraction of sp³-hybridized carbons (Fsp3) is 0.581. The highest BCUT2D eigenvalue weighted by atomic mass is 32.1. The normalized spacial score (nSPS) is 22.8. The Hall–Kier alpha value is -3.20. The SMILES string of the molecule is CNc1nc(N2CCC3(CCN(Cc4ccc5c(c4)[nH]c(=O)n5CCOC4CCCCO4)C3)C2)c2cc(CC(F)(F)F)sc2n1. The van der Waals surface area contributed by atoms with Gasteiger partial charge in [-0.3, -0.25) is 9.47 Å². The molecule has 7 rings (SSSR count). The molecule has 10 nitrogen and oxygen atoms in total. The molecule has 0 aliphatic carbocycles. The minimum absolute atomic E-state index is 0.0890. The number of nitrogens with one attached hydrogen (secondary N) is 2. The second-order valence-corrected chi connectivity index (χ2v) is 13.7. The second-order valence-electron chi connectivity index (χ2n) is 12.6. The van der Waals surface area contributed by atoms with Crippen molar-refractivity contribution in [1.82, 2.24) is 24.4 Å². The third-order valence-electron chi connectivity index (χ3n) is 9.28. The van der Waals surface area contributed by atoms with E-state index in [0.29, 0.717) is 35.1 Å². The minimum Gasteiger partial charge on any atom is -0.357 e. The Labute approximate surface area is 262 Å². The second kappa shape index (κ2) is 12.2. The summed E-state index contributed by atoms with van der Waals surface area (Å²) in [6.07, 6.45) is -0.315. The summed E-state index contributed by atoms with van der Waals surface area (Å²) in [5.74, 6) is 1.12. The number of imidazole rings is 1. The van der Waals surface area contributed by atoms with Crippen LogP contribution in [0.3, 0.4) is 0 Å². The molecule has 3 fully saturated rings. The smallest absolute Gasteiger partial charge is 0.357 e. The van der Waals surface area contributed by atoms with E-state index in [4.69, 9.17) is 14.5 Å². The zero-order valence-electron chi connectivity index (χ0n) is 25.3. The van der Waals surface area contributed by atoms with Crippen LogP contribution >= 0.6 is 11.3 Å². The molecule has 0 radical (unpaired) electrons. The van der Waals surface area contributed by atoms with Crippen molar-refractivity contribution in [3.05, 3.63) is 45.2 Å². The number of hydrogen-bond donors (Lipinski definition) is 2. The Morgan fingerprint density at radius 1 is 1.18 bits per heavy atom. The molecule has 242 valence electrons. The molecule has 6 heterocycles. The Kier molecular flexibility index (Phi) is 8.25. The van der Waals surface area contributed by atoms with Crippen molar-refractivity contribution in [2.45, 2.75) is 64.1 Å². The first-order valence-corrected chi connectivity index (χ1v) is 16.5. The summed E-state index contributed by atoms with van der Waals surface area (Å²) >= 11 is 1.08. The Bertz CT molecular complexity index is 1730. The van der Waals surface area contributed by atoms with E-state index in [1.807, 2.05) is 6.07 Å². The molecule has 3 aliphatic heterocycles. The van der Waals surface area contributed by atoms with Crippen LogP contribution in [0, 0.1) is 5.41 Å². The van der Waals surface area contributed by atoms with Crippen molar-refractivity contribution < 1.29 is 22.6 Å². The third-order valence-corrected chi connectivity index (χ3v) is 10.3. The lowest BCUT2D eigenvalue weighted by atomic mass is 9.86. The summed E-state index contributed by atoms with van der Waals surface area (Å²) < 4.78 is 52.6. The summed E-state index contributed by atoms with van der Waals surface area (Å²) in [4.78, 5) is 30.4.